The molecule has 0 aliphatic carbocycles. The summed E-state index contributed by atoms with van der Waals surface area (Å²) in [4.78, 5) is 0. The second-order valence-electron chi connectivity index (χ2n) is 5.13. The van der Waals surface area contributed by atoms with E-state index in [1.165, 1.54) is 0 Å². The van der Waals surface area contributed by atoms with Gasteiger partial charge in [0.05, 0.1) is 24.2 Å². The van der Waals surface area contributed by atoms with Gasteiger partial charge in [-0.1, -0.05) is 22.4 Å². The van der Waals surface area contributed by atoms with Gasteiger partial charge in [-0.2, -0.15) is 0 Å². The van der Waals surface area contributed by atoms with Crippen LogP contribution in [0.2, 0.25) is 0 Å². The zero-order valence-corrected chi connectivity index (χ0v) is 13.8. The Balaban J connectivity index is 2.19. The van der Waals surface area contributed by atoms with Crippen molar-refractivity contribution < 1.29 is 18.3 Å². The van der Waals surface area contributed by atoms with Crippen LogP contribution in [0.5, 0.6) is 5.75 Å². The number of hydrogen-bond donors (Lipinski definition) is 1. The summed E-state index contributed by atoms with van der Waals surface area (Å²) >= 11 is 3.38. The van der Waals surface area contributed by atoms with Gasteiger partial charge in [-0.25, -0.2) is 8.42 Å². The fourth-order valence-corrected chi connectivity index (χ4v) is 5.09. The van der Waals surface area contributed by atoms with Crippen LogP contribution >= 0.6 is 15.9 Å². The van der Waals surface area contributed by atoms with Crippen LogP contribution in [0, 0.1) is 0 Å². The van der Waals surface area contributed by atoms with Crippen LogP contribution in [0.15, 0.2) is 22.7 Å². The van der Waals surface area contributed by atoms with E-state index in [9.17, 15) is 13.5 Å². The highest BCUT2D eigenvalue weighted by atomic mass is 79.9. The van der Waals surface area contributed by atoms with Crippen LogP contribution < -0.4 is 4.74 Å². The molecule has 2 unspecified atom stereocenters. The van der Waals surface area contributed by atoms with Gasteiger partial charge in [0, 0.05) is 10.9 Å². The number of rotatable bonds is 4. The Morgan fingerprint density at radius 2 is 2.20 bits per heavy atom. The molecule has 6 heteroatoms. The van der Waals surface area contributed by atoms with Crippen molar-refractivity contribution in [3.8, 4) is 5.75 Å². The van der Waals surface area contributed by atoms with Gasteiger partial charge in [-0.05, 0) is 36.6 Å². The number of aliphatic hydroxyl groups is 1. The summed E-state index contributed by atoms with van der Waals surface area (Å²) in [6.07, 6.45) is 1.50. The van der Waals surface area contributed by atoms with Crippen molar-refractivity contribution in [2.75, 3.05) is 12.9 Å². The Hall–Kier alpha value is -0.590. The first-order valence-electron chi connectivity index (χ1n) is 6.66. The third kappa shape index (κ3) is 3.54. The highest BCUT2D eigenvalue weighted by Gasteiger charge is 2.34. The van der Waals surface area contributed by atoms with Crippen molar-refractivity contribution in [3.05, 3.63) is 28.2 Å². The fraction of sp³-hybridized carbons (Fsp3) is 0.571. The summed E-state index contributed by atoms with van der Waals surface area (Å²) in [6.45, 7) is 0. The fourth-order valence-electron chi connectivity index (χ4n) is 2.67. The molecule has 0 bridgehead atoms. The lowest BCUT2D eigenvalue weighted by molar-refractivity contribution is 0.161. The Kier molecular flexibility index (Phi) is 5.09. The first kappa shape index (κ1) is 15.8. The number of ether oxygens (including phenoxy) is 1. The van der Waals surface area contributed by atoms with Gasteiger partial charge < -0.3 is 9.84 Å². The number of hydrogen-bond acceptors (Lipinski definition) is 4. The molecule has 1 N–H and O–H groups in total. The molecule has 1 aromatic rings. The zero-order valence-electron chi connectivity index (χ0n) is 11.4. The van der Waals surface area contributed by atoms with Crippen molar-refractivity contribution >= 4 is 25.8 Å². The molecule has 2 rings (SSSR count). The number of sulfone groups is 1. The van der Waals surface area contributed by atoms with E-state index in [4.69, 9.17) is 4.74 Å². The maximum Gasteiger partial charge on any atom is 0.155 e. The first-order chi connectivity index (χ1) is 9.44. The predicted octanol–water partition coefficient (Wildman–Crippen LogP) is 2.33. The van der Waals surface area contributed by atoms with E-state index in [-0.39, 0.29) is 12.2 Å². The molecule has 0 aromatic heterocycles. The Labute approximate surface area is 128 Å². The lowest BCUT2D eigenvalue weighted by Crippen LogP contribution is -2.39. The van der Waals surface area contributed by atoms with Gasteiger partial charge in [-0.3, -0.25) is 0 Å². The Morgan fingerprint density at radius 1 is 1.45 bits per heavy atom. The normalized spacial score (nSPS) is 23.2. The van der Waals surface area contributed by atoms with Gasteiger partial charge in [0.15, 0.2) is 9.84 Å². The van der Waals surface area contributed by atoms with Gasteiger partial charge in [0.25, 0.3) is 0 Å². The largest absolute Gasteiger partial charge is 0.496 e. The van der Waals surface area contributed by atoms with Crippen LogP contribution in [0.3, 0.4) is 0 Å². The minimum Gasteiger partial charge on any atom is -0.496 e. The van der Waals surface area contributed by atoms with Crippen molar-refractivity contribution in [1.29, 1.82) is 0 Å². The van der Waals surface area contributed by atoms with Crippen LogP contribution in [-0.4, -0.2) is 37.7 Å². The van der Waals surface area contributed by atoms with E-state index in [1.54, 1.807) is 7.11 Å². The molecule has 1 saturated heterocycles. The molecule has 1 aliphatic rings. The maximum atomic E-state index is 12.0. The van der Waals surface area contributed by atoms with Gasteiger partial charge >= 0.3 is 0 Å². The van der Waals surface area contributed by atoms with E-state index in [2.05, 4.69) is 15.9 Å². The molecular weight excluding hydrogens is 344 g/mol. The Morgan fingerprint density at radius 3 is 2.85 bits per heavy atom. The van der Waals surface area contributed by atoms with Gasteiger partial charge in [0.1, 0.15) is 5.75 Å². The summed E-state index contributed by atoms with van der Waals surface area (Å²) in [5.74, 6) is 0.852. The topological polar surface area (TPSA) is 63.6 Å². The highest BCUT2D eigenvalue weighted by molar-refractivity contribution is 9.10. The summed E-state index contributed by atoms with van der Waals surface area (Å²) in [6, 6.07) is 5.52. The number of benzene rings is 1. The van der Waals surface area contributed by atoms with Crippen LogP contribution in [0.4, 0.5) is 0 Å². The van der Waals surface area contributed by atoms with E-state index >= 15 is 0 Å². The molecule has 112 valence electrons. The smallest absolute Gasteiger partial charge is 0.155 e. The molecule has 4 nitrogen and oxygen atoms in total. The standard InChI is InChI=1S/C14H19BrO4S/c1-19-13-6-5-11(15)8-10(13)9-12(16)14-4-2-3-7-20(14,17)18/h5-6,8,12,14,16H,2-4,7,9H2,1H3. The average molecular weight is 363 g/mol. The molecule has 1 aliphatic heterocycles. The summed E-state index contributed by atoms with van der Waals surface area (Å²) in [7, 11) is -1.61. The second-order valence-corrected chi connectivity index (χ2v) is 8.38. The first-order valence-corrected chi connectivity index (χ1v) is 9.17. The minimum atomic E-state index is -3.18. The molecule has 0 radical (unpaired) electrons. The van der Waals surface area contributed by atoms with E-state index in [0.717, 1.165) is 16.5 Å². The summed E-state index contributed by atoms with van der Waals surface area (Å²) in [5.41, 5.74) is 0.815. The monoisotopic (exact) mass is 362 g/mol. The minimum absolute atomic E-state index is 0.185. The maximum absolute atomic E-state index is 12.0. The van der Waals surface area contributed by atoms with Gasteiger partial charge in [-0.15, -0.1) is 0 Å². The van der Waals surface area contributed by atoms with Crippen molar-refractivity contribution in [3.63, 3.8) is 0 Å². The molecule has 20 heavy (non-hydrogen) atoms. The van der Waals surface area contributed by atoms with E-state index in [0.29, 0.717) is 18.6 Å². The molecule has 1 fully saturated rings. The third-order valence-electron chi connectivity index (χ3n) is 3.73. The van der Waals surface area contributed by atoms with Crippen molar-refractivity contribution in [2.45, 2.75) is 37.0 Å². The van der Waals surface area contributed by atoms with Crippen molar-refractivity contribution in [1.82, 2.24) is 0 Å². The summed E-state index contributed by atoms with van der Waals surface area (Å²) in [5, 5.41) is 9.67. The molecule has 0 amide bonds. The van der Waals surface area contributed by atoms with Gasteiger partial charge in [0.2, 0.25) is 0 Å². The number of methoxy groups -OCH3 is 1. The Bertz CT molecular complexity index is 571. The van der Waals surface area contributed by atoms with Crippen LogP contribution in [0.1, 0.15) is 24.8 Å². The lowest BCUT2D eigenvalue weighted by Gasteiger charge is -2.27. The van der Waals surface area contributed by atoms with Crippen LogP contribution in [-0.2, 0) is 16.3 Å². The molecule has 1 aromatic carbocycles. The third-order valence-corrected chi connectivity index (χ3v) is 6.55. The molecule has 1 heterocycles. The lowest BCUT2D eigenvalue weighted by atomic mass is 10.0. The SMILES string of the molecule is COc1ccc(Br)cc1CC(O)C1CCCCS1(=O)=O. The number of halogens is 1. The second kappa shape index (κ2) is 6.45. The molecule has 0 spiro atoms. The highest BCUT2D eigenvalue weighted by Crippen LogP contribution is 2.28. The quantitative estimate of drug-likeness (QED) is 0.892. The molecule has 2 atom stereocenters. The van der Waals surface area contributed by atoms with Crippen LogP contribution in [0.25, 0.3) is 0 Å². The molecular formula is C14H19BrO4S. The predicted molar refractivity (Wildman–Crippen MR) is 81.8 cm³/mol. The zero-order chi connectivity index (χ0) is 14.8. The van der Waals surface area contributed by atoms with E-state index in [1.807, 2.05) is 18.2 Å². The number of aliphatic hydroxyl groups excluding tert-OH is 1. The summed E-state index contributed by atoms with van der Waals surface area (Å²) < 4.78 is 30.2. The molecule has 0 saturated carbocycles. The van der Waals surface area contributed by atoms with Crippen molar-refractivity contribution in [2.24, 2.45) is 0 Å². The average Bonchev–Trinajstić information content (AvgIpc) is 2.38. The van der Waals surface area contributed by atoms with E-state index < -0.39 is 21.2 Å².